The normalized spacial score (nSPS) is 23.6. The van der Waals surface area contributed by atoms with E-state index in [1.165, 1.54) is 5.19 Å². The number of anilines is 3. The van der Waals surface area contributed by atoms with Gasteiger partial charge in [0.2, 0.25) is 0 Å². The second kappa shape index (κ2) is 15.9. The lowest BCUT2D eigenvalue weighted by atomic mass is 9.82. The Balaban J connectivity index is 1.01. The predicted octanol–water partition coefficient (Wildman–Crippen LogP) is 5.61. The van der Waals surface area contributed by atoms with Gasteiger partial charge in [-0.25, -0.2) is 0 Å². The molecule has 60 heavy (non-hydrogen) atoms. The maximum Gasteiger partial charge on any atom is 0.264 e. The molecule has 0 bridgehead atoms. The van der Waals surface area contributed by atoms with Gasteiger partial charge in [0.15, 0.2) is 5.60 Å². The van der Waals surface area contributed by atoms with Crippen LogP contribution in [0.15, 0.2) is 109 Å². The third-order valence-electron chi connectivity index (χ3n) is 13.9. The number of rotatable bonds is 12. The number of fused-ring (bicyclic) bond motifs is 2. The summed E-state index contributed by atoms with van der Waals surface area (Å²) in [4.78, 5) is 35.8. The van der Waals surface area contributed by atoms with E-state index in [1.54, 1.807) is 7.11 Å². The van der Waals surface area contributed by atoms with Crippen molar-refractivity contribution in [3.63, 3.8) is 0 Å². The number of carbonyl (C=O) groups is 2. The maximum absolute atomic E-state index is 15.3. The molecule has 2 spiro atoms. The summed E-state index contributed by atoms with van der Waals surface area (Å²) >= 11 is 0. The summed E-state index contributed by atoms with van der Waals surface area (Å²) < 4.78 is 14.7. The number of aliphatic hydroxyl groups is 1. The fourth-order valence-electron chi connectivity index (χ4n) is 10.8. The van der Waals surface area contributed by atoms with Crippen LogP contribution >= 0.6 is 0 Å². The number of methoxy groups -OCH3 is 1. The number of nitrogens with one attached hydrogen (secondary N) is 1. The van der Waals surface area contributed by atoms with Gasteiger partial charge >= 0.3 is 0 Å². The zero-order chi connectivity index (χ0) is 41.6. The van der Waals surface area contributed by atoms with E-state index in [9.17, 15) is 9.90 Å². The van der Waals surface area contributed by atoms with E-state index in [2.05, 4.69) is 83.0 Å². The Morgan fingerprint density at radius 3 is 2.33 bits per heavy atom. The third kappa shape index (κ3) is 6.62. The number of benzene rings is 4. The molecular formula is C47H55N7O5Si. The molecule has 0 aliphatic carbocycles. The van der Waals surface area contributed by atoms with Crippen LogP contribution in [0, 0.1) is 5.92 Å². The Morgan fingerprint density at radius 1 is 0.900 bits per heavy atom. The molecule has 5 aromatic rings. The molecule has 5 heterocycles. The Kier molecular flexibility index (Phi) is 10.6. The molecule has 3 saturated heterocycles. The second-order valence-corrected chi connectivity index (χ2v) is 22.1. The average Bonchev–Trinajstić information content (AvgIpc) is 4.00. The molecule has 13 heteroatoms. The van der Waals surface area contributed by atoms with Crippen molar-refractivity contribution in [3.8, 4) is 5.75 Å². The third-order valence-corrected chi connectivity index (χ3v) is 18.2. The number of hydrogen-bond donors (Lipinski definition) is 2. The highest BCUT2D eigenvalue weighted by Gasteiger charge is 2.66. The lowest BCUT2D eigenvalue weighted by Crippen LogP contribution is -2.55. The molecule has 1 aromatic heterocycles. The second-order valence-electron chi connectivity index (χ2n) is 17.4. The van der Waals surface area contributed by atoms with E-state index in [0.29, 0.717) is 32.6 Å². The topological polar surface area (TPSA) is 125 Å². The maximum atomic E-state index is 15.3. The van der Waals surface area contributed by atoms with Gasteiger partial charge in [0.25, 0.3) is 11.8 Å². The molecule has 0 saturated carbocycles. The highest BCUT2D eigenvalue weighted by atomic mass is 28.3. The summed E-state index contributed by atoms with van der Waals surface area (Å²) in [5.41, 5.74) is 3.74. The zero-order valence-electron chi connectivity index (χ0n) is 35.0. The Labute approximate surface area is 353 Å². The van der Waals surface area contributed by atoms with Crippen LogP contribution in [0.4, 0.5) is 17.1 Å². The molecule has 2 N–H and O–H groups in total. The van der Waals surface area contributed by atoms with Crippen LogP contribution in [0.25, 0.3) is 0 Å². The molecule has 4 aromatic carbocycles. The number of nitrogens with zero attached hydrogens (tertiary/aromatic N) is 6. The number of ether oxygens (including phenoxy) is 2. The van der Waals surface area contributed by atoms with Crippen molar-refractivity contribution < 1.29 is 24.2 Å². The van der Waals surface area contributed by atoms with Crippen molar-refractivity contribution in [2.45, 2.75) is 81.6 Å². The summed E-state index contributed by atoms with van der Waals surface area (Å²) in [7, 11) is -0.648. The Bertz CT molecular complexity index is 2330. The van der Waals surface area contributed by atoms with Crippen molar-refractivity contribution in [1.82, 2.24) is 20.3 Å². The molecule has 0 radical (unpaired) electrons. The first-order valence-electron chi connectivity index (χ1n) is 21.3. The Morgan fingerprint density at radius 2 is 1.62 bits per heavy atom. The monoisotopic (exact) mass is 825 g/mol. The van der Waals surface area contributed by atoms with Gasteiger partial charge in [-0.1, -0.05) is 91.1 Å². The van der Waals surface area contributed by atoms with Crippen molar-refractivity contribution in [2.75, 3.05) is 48.2 Å². The van der Waals surface area contributed by atoms with Crippen LogP contribution in [-0.2, 0) is 39.4 Å². The van der Waals surface area contributed by atoms with E-state index in [0.717, 1.165) is 65.6 Å². The van der Waals surface area contributed by atoms with Crippen molar-refractivity contribution in [3.05, 3.63) is 126 Å². The summed E-state index contributed by atoms with van der Waals surface area (Å²) in [6.07, 6.45) is 4.26. The lowest BCUT2D eigenvalue weighted by molar-refractivity contribution is -0.146. The molecule has 2 amide bonds. The van der Waals surface area contributed by atoms with Crippen molar-refractivity contribution in [1.29, 1.82) is 0 Å². The SMILES string of the molecule is COc1ccc([Si](C)(C)[C@H]2[C@H](CCn3cc(CCO)nn3)O[C@@]3(C(=O)N(Cc4ccc(N5CN(c6ccccc6)C6(CCNCC6)C5=O)cc4)c4ccccc43)[C@@H]2C)cc1. The number of hydrogen-bond acceptors (Lipinski definition) is 9. The molecule has 12 nitrogen and oxygen atoms in total. The van der Waals surface area contributed by atoms with E-state index >= 15 is 4.79 Å². The largest absolute Gasteiger partial charge is 0.497 e. The number of aliphatic hydroxyl groups excluding tert-OH is 1. The smallest absolute Gasteiger partial charge is 0.264 e. The zero-order valence-corrected chi connectivity index (χ0v) is 36.0. The van der Waals surface area contributed by atoms with Crippen LogP contribution in [0.2, 0.25) is 18.6 Å². The number of para-hydroxylation sites is 2. The molecule has 4 aliphatic rings. The summed E-state index contributed by atoms with van der Waals surface area (Å²) in [6.45, 7) is 10.0. The first-order valence-corrected chi connectivity index (χ1v) is 24.4. The van der Waals surface area contributed by atoms with Gasteiger partial charge < -0.3 is 29.7 Å². The molecule has 4 atom stereocenters. The number of aryl methyl sites for hydroxylation is 1. The minimum Gasteiger partial charge on any atom is -0.497 e. The highest BCUT2D eigenvalue weighted by Crippen LogP contribution is 2.60. The quantitative estimate of drug-likeness (QED) is 0.155. The molecular weight excluding hydrogens is 771 g/mol. The van der Waals surface area contributed by atoms with Crippen molar-refractivity contribution in [2.24, 2.45) is 5.92 Å². The Hall–Kier alpha value is -5.34. The molecule has 3 fully saturated rings. The number of piperidine rings is 1. The van der Waals surface area contributed by atoms with Gasteiger partial charge in [-0.3, -0.25) is 19.2 Å². The average molecular weight is 826 g/mol. The van der Waals surface area contributed by atoms with Gasteiger partial charge in [-0.2, -0.15) is 0 Å². The van der Waals surface area contributed by atoms with Gasteiger partial charge in [0, 0.05) is 48.6 Å². The fourth-order valence-corrected chi connectivity index (χ4v) is 14.8. The number of carbonyl (C=O) groups excluding carboxylic acids is 2. The summed E-state index contributed by atoms with van der Waals surface area (Å²) in [5, 5.41) is 22.8. The van der Waals surface area contributed by atoms with Gasteiger partial charge in [0.1, 0.15) is 11.3 Å². The van der Waals surface area contributed by atoms with Crippen LogP contribution in [0.1, 0.15) is 43.0 Å². The van der Waals surface area contributed by atoms with Crippen molar-refractivity contribution >= 4 is 42.1 Å². The fraction of sp³-hybridized carbons (Fsp3) is 0.404. The summed E-state index contributed by atoms with van der Waals surface area (Å²) in [6, 6.07) is 35.0. The first-order chi connectivity index (χ1) is 29.1. The van der Waals surface area contributed by atoms with E-state index in [4.69, 9.17) is 9.47 Å². The minimum atomic E-state index is -2.33. The lowest BCUT2D eigenvalue weighted by Gasteiger charge is -2.39. The van der Waals surface area contributed by atoms with Crippen LogP contribution in [0.5, 0.6) is 5.75 Å². The van der Waals surface area contributed by atoms with E-state index in [-0.39, 0.29) is 36.0 Å². The minimum absolute atomic E-state index is 0.0146. The number of aromatic nitrogens is 3. The number of amides is 2. The molecule has 9 rings (SSSR count). The molecule has 4 aliphatic heterocycles. The standard InChI is InChI=1S/C47H55N7O5Si/c1-33-43(60(3,4)39-20-18-38(58-2)19-21-39)42(22-28-51-31-35(23-29-55)49-50-51)59-47(33)40-12-8-9-13-41(40)52(45(47)57)30-34-14-16-36(17-15-34)53-32-54(37-10-6-5-7-11-37)46(44(53)56)24-26-48-27-25-46/h5-21,31,33,42-43,48,55H,22-30,32H2,1-4H3/t33-,42+,43-,47+/m1/s1. The van der Waals surface area contributed by atoms with Crippen LogP contribution < -0.4 is 29.9 Å². The van der Waals surface area contributed by atoms with Crippen LogP contribution in [-0.4, -0.2) is 85.1 Å². The highest BCUT2D eigenvalue weighted by molar-refractivity contribution is 6.91. The first kappa shape index (κ1) is 40.1. The van der Waals surface area contributed by atoms with E-state index < -0.39 is 19.2 Å². The van der Waals surface area contributed by atoms with Gasteiger partial charge in [-0.05, 0) is 85.9 Å². The van der Waals surface area contributed by atoms with Gasteiger partial charge in [0.05, 0.1) is 45.9 Å². The predicted molar refractivity (Wildman–Crippen MR) is 235 cm³/mol. The van der Waals surface area contributed by atoms with Gasteiger partial charge in [-0.15, -0.1) is 5.10 Å². The summed E-state index contributed by atoms with van der Waals surface area (Å²) in [5.74, 6) is 0.772. The molecule has 312 valence electrons. The van der Waals surface area contributed by atoms with Crippen LogP contribution in [0.3, 0.4) is 0 Å². The van der Waals surface area contributed by atoms with E-state index in [1.807, 2.05) is 81.3 Å². The molecule has 0 unspecified atom stereocenters.